The lowest BCUT2D eigenvalue weighted by molar-refractivity contribution is 0.101. The first kappa shape index (κ1) is 15.4. The molecule has 1 N–H and O–H groups in total. The van der Waals surface area contributed by atoms with Gasteiger partial charge in [0.05, 0.1) is 5.69 Å². The fraction of sp³-hybridized carbons (Fsp3) is 0.0556. The summed E-state index contributed by atoms with van der Waals surface area (Å²) in [4.78, 5) is 16.5. The number of nitrogens with zero attached hydrogens (tertiary/aromatic N) is 3. The maximum Gasteiger partial charge on any atom is 0.295 e. The SMILES string of the molecule is C#Cc1cccc(NC(=O)c2nc(C)n(-c3ccc(F)cc3)n2)c1. The molecule has 0 fully saturated rings. The zero-order valence-electron chi connectivity index (χ0n) is 12.8. The molecule has 0 aliphatic rings. The van der Waals surface area contributed by atoms with E-state index >= 15 is 0 Å². The van der Waals surface area contributed by atoms with Crippen molar-refractivity contribution in [3.8, 4) is 18.0 Å². The van der Waals surface area contributed by atoms with E-state index in [0.29, 0.717) is 22.8 Å². The number of hydrogen-bond donors (Lipinski definition) is 1. The van der Waals surface area contributed by atoms with Gasteiger partial charge in [-0.1, -0.05) is 12.0 Å². The predicted molar refractivity (Wildman–Crippen MR) is 88.4 cm³/mol. The molecular formula is C18H13FN4O. The molecule has 6 heteroatoms. The molecule has 0 aliphatic carbocycles. The molecule has 0 spiro atoms. The maximum absolute atomic E-state index is 13.0. The number of anilines is 1. The van der Waals surface area contributed by atoms with Crippen molar-refractivity contribution >= 4 is 11.6 Å². The van der Waals surface area contributed by atoms with Crippen molar-refractivity contribution in [2.75, 3.05) is 5.32 Å². The molecule has 1 amide bonds. The van der Waals surface area contributed by atoms with Crippen LogP contribution < -0.4 is 5.32 Å². The molecule has 0 saturated carbocycles. The largest absolute Gasteiger partial charge is 0.319 e. The second-order valence-corrected chi connectivity index (χ2v) is 5.05. The minimum absolute atomic E-state index is 0.0166. The third kappa shape index (κ3) is 3.15. The maximum atomic E-state index is 13.0. The van der Waals surface area contributed by atoms with Crippen LogP contribution in [0.5, 0.6) is 0 Å². The summed E-state index contributed by atoms with van der Waals surface area (Å²) in [6.45, 7) is 1.71. The van der Waals surface area contributed by atoms with Crippen LogP contribution in [-0.4, -0.2) is 20.7 Å². The van der Waals surface area contributed by atoms with E-state index in [1.54, 1.807) is 43.3 Å². The first-order valence-corrected chi connectivity index (χ1v) is 7.14. The molecule has 2 aromatic carbocycles. The lowest BCUT2D eigenvalue weighted by atomic mass is 10.2. The van der Waals surface area contributed by atoms with Crippen LogP contribution in [0, 0.1) is 25.1 Å². The number of hydrogen-bond acceptors (Lipinski definition) is 3. The molecule has 1 aromatic heterocycles. The van der Waals surface area contributed by atoms with Crippen LogP contribution in [0.2, 0.25) is 0 Å². The molecular weight excluding hydrogens is 307 g/mol. The predicted octanol–water partition coefficient (Wildman–Crippen LogP) is 2.95. The van der Waals surface area contributed by atoms with Gasteiger partial charge in [0, 0.05) is 11.3 Å². The van der Waals surface area contributed by atoms with Crippen molar-refractivity contribution in [2.24, 2.45) is 0 Å². The summed E-state index contributed by atoms with van der Waals surface area (Å²) in [6, 6.07) is 12.7. The molecule has 0 bridgehead atoms. The second kappa shape index (κ2) is 6.34. The quantitative estimate of drug-likeness (QED) is 0.755. The highest BCUT2D eigenvalue weighted by atomic mass is 19.1. The van der Waals surface area contributed by atoms with Crippen LogP contribution in [-0.2, 0) is 0 Å². The van der Waals surface area contributed by atoms with E-state index in [1.807, 2.05) is 0 Å². The van der Waals surface area contributed by atoms with Crippen molar-refractivity contribution in [3.05, 3.63) is 71.6 Å². The van der Waals surface area contributed by atoms with Crippen LogP contribution in [0.3, 0.4) is 0 Å². The highest BCUT2D eigenvalue weighted by Gasteiger charge is 2.15. The van der Waals surface area contributed by atoms with Gasteiger partial charge in [0.1, 0.15) is 11.6 Å². The third-order valence-corrected chi connectivity index (χ3v) is 3.33. The fourth-order valence-electron chi connectivity index (χ4n) is 2.19. The number of aromatic nitrogens is 3. The van der Waals surface area contributed by atoms with Gasteiger partial charge in [0.2, 0.25) is 5.82 Å². The van der Waals surface area contributed by atoms with Crippen LogP contribution in [0.25, 0.3) is 5.69 Å². The molecule has 0 saturated heterocycles. The van der Waals surface area contributed by atoms with Gasteiger partial charge in [-0.25, -0.2) is 14.1 Å². The third-order valence-electron chi connectivity index (χ3n) is 3.33. The summed E-state index contributed by atoms with van der Waals surface area (Å²) < 4.78 is 14.5. The lowest BCUT2D eigenvalue weighted by Gasteiger charge is -2.03. The first-order chi connectivity index (χ1) is 11.6. The van der Waals surface area contributed by atoms with Gasteiger partial charge in [0.15, 0.2) is 0 Å². The van der Waals surface area contributed by atoms with Gasteiger partial charge < -0.3 is 5.32 Å². The molecule has 24 heavy (non-hydrogen) atoms. The molecule has 1 heterocycles. The van der Waals surface area contributed by atoms with Crippen molar-refractivity contribution in [1.82, 2.24) is 14.8 Å². The summed E-state index contributed by atoms with van der Waals surface area (Å²) in [5.41, 5.74) is 1.84. The molecule has 0 unspecified atom stereocenters. The topological polar surface area (TPSA) is 59.8 Å². The van der Waals surface area contributed by atoms with Crippen LogP contribution >= 0.6 is 0 Å². The monoisotopic (exact) mass is 320 g/mol. The molecule has 0 aliphatic heterocycles. The van der Waals surface area contributed by atoms with Gasteiger partial charge in [-0.3, -0.25) is 4.79 Å². The van der Waals surface area contributed by atoms with Crippen molar-refractivity contribution in [2.45, 2.75) is 6.92 Å². The molecule has 3 aromatic rings. The average molecular weight is 320 g/mol. The Morgan fingerprint density at radius 2 is 2.00 bits per heavy atom. The Hall–Kier alpha value is -3.46. The Morgan fingerprint density at radius 1 is 1.25 bits per heavy atom. The van der Waals surface area contributed by atoms with Crippen LogP contribution in [0.15, 0.2) is 48.5 Å². The molecule has 0 atom stereocenters. The zero-order valence-corrected chi connectivity index (χ0v) is 12.8. The van der Waals surface area contributed by atoms with Crippen LogP contribution in [0.4, 0.5) is 10.1 Å². The van der Waals surface area contributed by atoms with Crippen molar-refractivity contribution in [1.29, 1.82) is 0 Å². The summed E-state index contributed by atoms with van der Waals surface area (Å²) >= 11 is 0. The number of carbonyl (C=O) groups is 1. The Balaban J connectivity index is 1.85. The minimum atomic E-state index is -0.451. The smallest absolute Gasteiger partial charge is 0.295 e. The van der Waals surface area contributed by atoms with E-state index in [1.165, 1.54) is 16.8 Å². The van der Waals surface area contributed by atoms with Gasteiger partial charge >= 0.3 is 0 Å². The van der Waals surface area contributed by atoms with Gasteiger partial charge in [-0.05, 0) is 49.4 Å². The Morgan fingerprint density at radius 3 is 2.71 bits per heavy atom. The van der Waals surface area contributed by atoms with Gasteiger partial charge in [0.25, 0.3) is 5.91 Å². The summed E-state index contributed by atoms with van der Waals surface area (Å²) in [6.07, 6.45) is 5.34. The minimum Gasteiger partial charge on any atom is -0.319 e. The van der Waals surface area contributed by atoms with Gasteiger partial charge in [-0.2, -0.15) is 0 Å². The Labute approximate surface area is 138 Å². The Kier molecular flexibility index (Phi) is 4.08. The van der Waals surface area contributed by atoms with E-state index in [2.05, 4.69) is 21.3 Å². The number of rotatable bonds is 3. The van der Waals surface area contributed by atoms with Crippen LogP contribution in [0.1, 0.15) is 22.0 Å². The van der Waals surface area contributed by atoms with E-state index in [-0.39, 0.29) is 11.6 Å². The normalized spacial score (nSPS) is 10.2. The highest BCUT2D eigenvalue weighted by molar-refractivity contribution is 6.01. The van der Waals surface area contributed by atoms with E-state index in [9.17, 15) is 9.18 Å². The van der Waals surface area contributed by atoms with Crippen molar-refractivity contribution < 1.29 is 9.18 Å². The average Bonchev–Trinajstić information content (AvgIpc) is 2.98. The molecule has 118 valence electrons. The first-order valence-electron chi connectivity index (χ1n) is 7.14. The Bertz CT molecular complexity index is 938. The standard InChI is InChI=1S/C18H13FN4O/c1-3-13-5-4-6-15(11-13)21-18(24)17-20-12(2)23(22-17)16-9-7-14(19)8-10-16/h1,4-11H,2H3,(H,21,24). The number of carbonyl (C=O) groups excluding carboxylic acids is 1. The summed E-state index contributed by atoms with van der Waals surface area (Å²) in [5, 5.41) is 6.88. The number of halogens is 1. The van der Waals surface area contributed by atoms with E-state index < -0.39 is 5.91 Å². The number of benzene rings is 2. The number of amides is 1. The number of aryl methyl sites for hydroxylation is 1. The molecule has 5 nitrogen and oxygen atoms in total. The lowest BCUT2D eigenvalue weighted by Crippen LogP contribution is -2.14. The zero-order chi connectivity index (χ0) is 17.1. The van der Waals surface area contributed by atoms with E-state index in [0.717, 1.165) is 0 Å². The molecule has 3 rings (SSSR count). The second-order valence-electron chi connectivity index (χ2n) is 5.05. The number of nitrogens with one attached hydrogen (secondary N) is 1. The summed E-state index contributed by atoms with van der Waals surface area (Å²) in [5.74, 6) is 2.24. The van der Waals surface area contributed by atoms with Gasteiger partial charge in [-0.15, -0.1) is 11.5 Å². The van der Waals surface area contributed by atoms with E-state index in [4.69, 9.17) is 6.42 Å². The number of terminal acetylenes is 1. The fourth-order valence-corrected chi connectivity index (χ4v) is 2.19. The summed E-state index contributed by atoms with van der Waals surface area (Å²) in [7, 11) is 0. The highest BCUT2D eigenvalue weighted by Crippen LogP contribution is 2.13. The van der Waals surface area contributed by atoms with Crippen molar-refractivity contribution in [3.63, 3.8) is 0 Å². The molecule has 0 radical (unpaired) electrons.